The predicted octanol–water partition coefficient (Wildman–Crippen LogP) is 1.36. The van der Waals surface area contributed by atoms with Crippen molar-refractivity contribution in [3.63, 3.8) is 0 Å². The Morgan fingerprint density at radius 2 is 2.23 bits per heavy atom. The Labute approximate surface area is 78.6 Å². The lowest BCUT2D eigenvalue weighted by atomic mass is 10.3. The van der Waals surface area contributed by atoms with Gasteiger partial charge in [0.2, 0.25) is 0 Å². The van der Waals surface area contributed by atoms with Crippen LogP contribution in [0.5, 0.6) is 0 Å². The van der Waals surface area contributed by atoms with Gasteiger partial charge in [-0.3, -0.25) is 0 Å². The molecule has 0 bridgehead atoms. The highest BCUT2D eigenvalue weighted by atomic mass is 15.0. The van der Waals surface area contributed by atoms with Gasteiger partial charge in [-0.25, -0.2) is 9.97 Å². The zero-order valence-electron chi connectivity index (χ0n) is 7.90. The van der Waals surface area contributed by atoms with E-state index >= 15 is 0 Å². The molecule has 1 heterocycles. The van der Waals surface area contributed by atoms with Crippen LogP contribution in [0.3, 0.4) is 0 Å². The van der Waals surface area contributed by atoms with E-state index in [4.69, 9.17) is 0 Å². The summed E-state index contributed by atoms with van der Waals surface area (Å²) in [5.74, 6) is 1.79. The Kier molecular flexibility index (Phi) is 2.54. The maximum atomic E-state index is 4.16. The van der Waals surface area contributed by atoms with Gasteiger partial charge in [0.05, 0.1) is 6.54 Å². The molecule has 2 rings (SSSR count). The average Bonchev–Trinajstić information content (AvgIpc) is 2.95. The molecular formula is C10H15N3. The van der Waals surface area contributed by atoms with Crippen molar-refractivity contribution >= 4 is 0 Å². The van der Waals surface area contributed by atoms with Crippen LogP contribution in [0.1, 0.15) is 25.6 Å². The molecule has 1 fully saturated rings. The largest absolute Gasteiger partial charge is 0.307 e. The van der Waals surface area contributed by atoms with Crippen molar-refractivity contribution in [1.82, 2.24) is 15.3 Å². The second-order valence-corrected chi connectivity index (χ2v) is 3.56. The quantitative estimate of drug-likeness (QED) is 0.754. The summed E-state index contributed by atoms with van der Waals surface area (Å²) in [4.78, 5) is 8.31. The van der Waals surface area contributed by atoms with Gasteiger partial charge in [-0.05, 0) is 18.4 Å². The van der Waals surface area contributed by atoms with Gasteiger partial charge in [-0.2, -0.15) is 0 Å². The van der Waals surface area contributed by atoms with Crippen LogP contribution >= 0.6 is 0 Å². The van der Waals surface area contributed by atoms with Crippen LogP contribution in [0, 0.1) is 5.92 Å². The van der Waals surface area contributed by atoms with Crippen molar-refractivity contribution in [3.05, 3.63) is 24.3 Å². The van der Waals surface area contributed by atoms with E-state index in [0.29, 0.717) is 6.04 Å². The number of nitrogens with one attached hydrogen (secondary N) is 1. The molecule has 0 aliphatic heterocycles. The summed E-state index contributed by atoms with van der Waals surface area (Å²) in [6.45, 7) is 3.05. The third-order valence-electron chi connectivity index (χ3n) is 2.59. The average molecular weight is 177 g/mol. The maximum absolute atomic E-state index is 4.16. The van der Waals surface area contributed by atoms with E-state index in [1.807, 2.05) is 6.07 Å². The van der Waals surface area contributed by atoms with Gasteiger partial charge in [-0.15, -0.1) is 0 Å². The second-order valence-electron chi connectivity index (χ2n) is 3.56. The first-order valence-electron chi connectivity index (χ1n) is 4.89. The molecule has 1 N–H and O–H groups in total. The summed E-state index contributed by atoms with van der Waals surface area (Å²) >= 11 is 0. The summed E-state index contributed by atoms with van der Waals surface area (Å²) in [6, 6.07) is 2.56. The fourth-order valence-corrected chi connectivity index (χ4v) is 1.59. The van der Waals surface area contributed by atoms with E-state index in [2.05, 4.69) is 22.2 Å². The smallest absolute Gasteiger partial charge is 0.141 e. The molecule has 3 heteroatoms. The Balaban J connectivity index is 1.75. The van der Waals surface area contributed by atoms with Crippen LogP contribution in [0.4, 0.5) is 0 Å². The highest BCUT2D eigenvalue weighted by Gasteiger charge is 2.34. The Morgan fingerprint density at radius 3 is 2.85 bits per heavy atom. The minimum Gasteiger partial charge on any atom is -0.307 e. The van der Waals surface area contributed by atoms with Crippen molar-refractivity contribution in [2.24, 2.45) is 5.92 Å². The topological polar surface area (TPSA) is 37.8 Å². The third kappa shape index (κ3) is 2.25. The molecule has 0 radical (unpaired) electrons. The van der Waals surface area contributed by atoms with Gasteiger partial charge in [0.15, 0.2) is 0 Å². The van der Waals surface area contributed by atoms with E-state index in [1.165, 1.54) is 12.8 Å². The van der Waals surface area contributed by atoms with Crippen LogP contribution in [-0.4, -0.2) is 16.0 Å². The van der Waals surface area contributed by atoms with Crippen LogP contribution < -0.4 is 5.32 Å². The van der Waals surface area contributed by atoms with Crippen molar-refractivity contribution in [2.75, 3.05) is 0 Å². The first kappa shape index (κ1) is 8.63. The normalized spacial score (nSPS) is 25.9. The lowest BCUT2D eigenvalue weighted by Gasteiger charge is -2.01. The molecule has 0 amide bonds. The second kappa shape index (κ2) is 3.83. The molecule has 1 aliphatic carbocycles. The molecule has 1 aliphatic rings. The maximum Gasteiger partial charge on any atom is 0.141 e. The summed E-state index contributed by atoms with van der Waals surface area (Å²) in [6.07, 6.45) is 6.18. The van der Waals surface area contributed by atoms with Crippen LogP contribution in [-0.2, 0) is 6.54 Å². The highest BCUT2D eigenvalue weighted by Crippen LogP contribution is 2.33. The third-order valence-corrected chi connectivity index (χ3v) is 2.59. The summed E-state index contributed by atoms with van der Waals surface area (Å²) in [5.41, 5.74) is 0. The van der Waals surface area contributed by atoms with E-state index in [9.17, 15) is 0 Å². The number of hydrogen-bond acceptors (Lipinski definition) is 3. The van der Waals surface area contributed by atoms with Crippen LogP contribution in [0.2, 0.25) is 0 Å². The molecule has 1 aromatic rings. The highest BCUT2D eigenvalue weighted by molar-refractivity contribution is 4.95. The molecular weight excluding hydrogens is 162 g/mol. The van der Waals surface area contributed by atoms with Crippen LogP contribution in [0.25, 0.3) is 0 Å². The standard InChI is InChI=1S/C10H15N3/c1-2-8-6-9(8)13-7-10-11-4-3-5-12-10/h3-5,8-9,13H,2,6-7H2,1H3. The minimum atomic E-state index is 0.716. The summed E-state index contributed by atoms with van der Waals surface area (Å²) in [7, 11) is 0. The zero-order valence-corrected chi connectivity index (χ0v) is 7.90. The van der Waals surface area contributed by atoms with Gasteiger partial charge in [0, 0.05) is 18.4 Å². The van der Waals surface area contributed by atoms with E-state index in [0.717, 1.165) is 18.3 Å². The minimum absolute atomic E-state index is 0.716. The first-order valence-corrected chi connectivity index (χ1v) is 4.89. The molecule has 0 spiro atoms. The van der Waals surface area contributed by atoms with E-state index < -0.39 is 0 Å². The van der Waals surface area contributed by atoms with Gasteiger partial charge in [-0.1, -0.05) is 13.3 Å². The number of hydrogen-bond donors (Lipinski definition) is 1. The monoisotopic (exact) mass is 177 g/mol. The molecule has 1 aromatic heterocycles. The summed E-state index contributed by atoms with van der Waals surface area (Å²) in [5, 5.41) is 3.45. The fourth-order valence-electron chi connectivity index (χ4n) is 1.59. The Hall–Kier alpha value is -0.960. The number of nitrogens with zero attached hydrogens (tertiary/aromatic N) is 2. The Morgan fingerprint density at radius 1 is 1.46 bits per heavy atom. The predicted molar refractivity (Wildman–Crippen MR) is 51.1 cm³/mol. The number of rotatable bonds is 4. The molecule has 13 heavy (non-hydrogen) atoms. The molecule has 3 nitrogen and oxygen atoms in total. The van der Waals surface area contributed by atoms with E-state index in [1.54, 1.807) is 12.4 Å². The van der Waals surface area contributed by atoms with Gasteiger partial charge < -0.3 is 5.32 Å². The SMILES string of the molecule is CCC1CC1NCc1ncccn1. The van der Waals surface area contributed by atoms with Crippen molar-refractivity contribution in [2.45, 2.75) is 32.4 Å². The lowest BCUT2D eigenvalue weighted by Crippen LogP contribution is -2.18. The van der Waals surface area contributed by atoms with Crippen molar-refractivity contribution in [3.8, 4) is 0 Å². The van der Waals surface area contributed by atoms with Gasteiger partial charge in [0.25, 0.3) is 0 Å². The fraction of sp³-hybridized carbons (Fsp3) is 0.600. The molecule has 2 atom stereocenters. The van der Waals surface area contributed by atoms with E-state index in [-0.39, 0.29) is 0 Å². The van der Waals surface area contributed by atoms with Gasteiger partial charge in [0.1, 0.15) is 5.82 Å². The zero-order chi connectivity index (χ0) is 9.10. The molecule has 70 valence electrons. The van der Waals surface area contributed by atoms with Crippen LogP contribution in [0.15, 0.2) is 18.5 Å². The molecule has 2 unspecified atom stereocenters. The number of aromatic nitrogens is 2. The summed E-state index contributed by atoms with van der Waals surface area (Å²) < 4.78 is 0. The Bertz CT molecular complexity index is 260. The molecule has 0 aromatic carbocycles. The van der Waals surface area contributed by atoms with Gasteiger partial charge >= 0.3 is 0 Å². The first-order chi connectivity index (χ1) is 6.40. The van der Waals surface area contributed by atoms with Crippen molar-refractivity contribution in [1.29, 1.82) is 0 Å². The van der Waals surface area contributed by atoms with Crippen molar-refractivity contribution < 1.29 is 0 Å². The molecule has 1 saturated carbocycles. The molecule has 0 saturated heterocycles. The lowest BCUT2D eigenvalue weighted by molar-refractivity contribution is 0.606.